The van der Waals surface area contributed by atoms with E-state index in [1.54, 1.807) is 0 Å². The third-order valence-electron chi connectivity index (χ3n) is 5.33. The maximum absolute atomic E-state index is 4.51. The Morgan fingerprint density at radius 3 is 2.70 bits per heavy atom. The minimum Gasteiger partial charge on any atom is -0.356 e. The van der Waals surface area contributed by atoms with Gasteiger partial charge in [0.2, 0.25) is 0 Å². The predicted molar refractivity (Wildman–Crippen MR) is 123 cm³/mol. The highest BCUT2D eigenvalue weighted by Gasteiger charge is 2.28. The zero-order valence-corrected chi connectivity index (χ0v) is 19.0. The van der Waals surface area contributed by atoms with Crippen molar-refractivity contribution in [3.8, 4) is 0 Å². The van der Waals surface area contributed by atoms with Gasteiger partial charge < -0.3 is 10.2 Å². The van der Waals surface area contributed by atoms with Gasteiger partial charge in [-0.3, -0.25) is 9.67 Å². The van der Waals surface area contributed by atoms with Crippen LogP contribution in [0.4, 0.5) is 0 Å². The Bertz CT molecular complexity index is 712. The van der Waals surface area contributed by atoms with Gasteiger partial charge in [0.1, 0.15) is 0 Å². The lowest BCUT2D eigenvalue weighted by Gasteiger charge is -2.39. The molecule has 2 aromatic rings. The first-order valence-electron chi connectivity index (χ1n) is 9.65. The molecule has 5 nitrogen and oxygen atoms in total. The Kier molecular flexibility index (Phi) is 8.60. The number of aromatic nitrogens is 2. The molecule has 0 bridgehead atoms. The summed E-state index contributed by atoms with van der Waals surface area (Å²) in [6.07, 6.45) is 7.35. The minimum absolute atomic E-state index is 0. The fourth-order valence-electron chi connectivity index (χ4n) is 3.96. The molecule has 2 atom stereocenters. The Morgan fingerprint density at radius 2 is 2.07 bits per heavy atom. The molecule has 2 unspecified atom stereocenters. The molecule has 3 rings (SSSR count). The fraction of sp³-hybridized carbons (Fsp3) is 0.524. The number of hydrogen-bond acceptors (Lipinski definition) is 2. The van der Waals surface area contributed by atoms with E-state index in [4.69, 9.17) is 0 Å². The van der Waals surface area contributed by atoms with Crippen molar-refractivity contribution in [2.75, 3.05) is 26.7 Å². The van der Waals surface area contributed by atoms with E-state index in [-0.39, 0.29) is 24.0 Å². The number of benzene rings is 1. The van der Waals surface area contributed by atoms with Crippen molar-refractivity contribution in [1.82, 2.24) is 20.0 Å². The molecule has 2 heterocycles. The standard InChI is InChI=1S/C21H31N5.HI/c1-17-15-26(13-11-20(17)19-9-5-4-6-10-19)21(22-2)23-12-7-8-18-14-24-25(3)16-18;/h4-6,9-10,14,16-17,20H,7-8,11-13,15H2,1-3H3,(H,22,23);1H. The summed E-state index contributed by atoms with van der Waals surface area (Å²) >= 11 is 0. The van der Waals surface area contributed by atoms with Crippen LogP contribution < -0.4 is 5.32 Å². The smallest absolute Gasteiger partial charge is 0.193 e. The highest BCUT2D eigenvalue weighted by atomic mass is 127. The van der Waals surface area contributed by atoms with Crippen molar-refractivity contribution in [2.45, 2.75) is 32.1 Å². The van der Waals surface area contributed by atoms with Gasteiger partial charge >= 0.3 is 0 Å². The highest BCUT2D eigenvalue weighted by Crippen LogP contribution is 2.32. The lowest BCUT2D eigenvalue weighted by molar-refractivity contribution is 0.234. The number of rotatable bonds is 5. The Morgan fingerprint density at radius 1 is 1.30 bits per heavy atom. The van der Waals surface area contributed by atoms with Crippen molar-refractivity contribution in [3.05, 3.63) is 53.9 Å². The van der Waals surface area contributed by atoms with Crippen molar-refractivity contribution in [2.24, 2.45) is 18.0 Å². The van der Waals surface area contributed by atoms with Crippen LogP contribution in [0.25, 0.3) is 0 Å². The van der Waals surface area contributed by atoms with Gasteiger partial charge in [0.15, 0.2) is 5.96 Å². The van der Waals surface area contributed by atoms with E-state index in [0.717, 1.165) is 38.4 Å². The summed E-state index contributed by atoms with van der Waals surface area (Å²) < 4.78 is 1.86. The van der Waals surface area contributed by atoms with Gasteiger partial charge in [0, 0.05) is 39.9 Å². The molecule has 1 aromatic carbocycles. The number of aryl methyl sites for hydroxylation is 2. The molecule has 0 radical (unpaired) electrons. The lowest BCUT2D eigenvalue weighted by Crippen LogP contribution is -2.48. The van der Waals surface area contributed by atoms with Crippen molar-refractivity contribution >= 4 is 29.9 Å². The highest BCUT2D eigenvalue weighted by molar-refractivity contribution is 14.0. The van der Waals surface area contributed by atoms with E-state index in [0.29, 0.717) is 11.8 Å². The summed E-state index contributed by atoms with van der Waals surface area (Å²) in [5.41, 5.74) is 2.76. The molecule has 27 heavy (non-hydrogen) atoms. The number of aliphatic imine (C=N–C) groups is 1. The number of hydrogen-bond donors (Lipinski definition) is 1. The van der Waals surface area contributed by atoms with Crippen molar-refractivity contribution in [1.29, 1.82) is 0 Å². The van der Waals surface area contributed by atoms with Gasteiger partial charge in [-0.25, -0.2) is 0 Å². The number of likely N-dealkylation sites (tertiary alicyclic amines) is 1. The second-order valence-electron chi connectivity index (χ2n) is 7.33. The average Bonchev–Trinajstić information content (AvgIpc) is 3.07. The Labute approximate surface area is 180 Å². The van der Waals surface area contributed by atoms with Gasteiger partial charge in [-0.15, -0.1) is 24.0 Å². The minimum atomic E-state index is 0. The molecule has 1 aliphatic rings. The van der Waals surface area contributed by atoms with Crippen LogP contribution >= 0.6 is 24.0 Å². The van der Waals surface area contributed by atoms with Crippen LogP contribution in [0.15, 0.2) is 47.7 Å². The van der Waals surface area contributed by atoms with Crippen LogP contribution in [0, 0.1) is 5.92 Å². The maximum Gasteiger partial charge on any atom is 0.193 e. The third-order valence-corrected chi connectivity index (χ3v) is 5.33. The van der Waals surface area contributed by atoms with E-state index in [2.05, 4.69) is 63.8 Å². The number of guanidine groups is 1. The normalized spacial score (nSPS) is 20.3. The van der Waals surface area contributed by atoms with Crippen LogP contribution in [-0.2, 0) is 13.5 Å². The molecule has 0 spiro atoms. The molecule has 0 saturated carbocycles. The van der Waals surface area contributed by atoms with Gasteiger partial charge in [0.05, 0.1) is 6.20 Å². The molecule has 1 aromatic heterocycles. The zero-order chi connectivity index (χ0) is 18.4. The summed E-state index contributed by atoms with van der Waals surface area (Å²) in [4.78, 5) is 6.92. The summed E-state index contributed by atoms with van der Waals surface area (Å²) in [5, 5.41) is 7.76. The SMILES string of the molecule is CN=C(NCCCc1cnn(C)c1)N1CCC(c2ccccc2)C(C)C1.I. The Balaban J connectivity index is 0.00000261. The van der Waals surface area contributed by atoms with Crippen LogP contribution in [0.2, 0.25) is 0 Å². The quantitative estimate of drug-likeness (QED) is 0.307. The second kappa shape index (κ2) is 10.7. The molecule has 0 aliphatic carbocycles. The van der Waals surface area contributed by atoms with E-state index in [9.17, 15) is 0 Å². The topological polar surface area (TPSA) is 45.5 Å². The third kappa shape index (κ3) is 5.96. The van der Waals surface area contributed by atoms with Gasteiger partial charge in [0.25, 0.3) is 0 Å². The lowest BCUT2D eigenvalue weighted by atomic mass is 9.82. The van der Waals surface area contributed by atoms with Crippen LogP contribution in [0.3, 0.4) is 0 Å². The van der Waals surface area contributed by atoms with Crippen LogP contribution in [0.1, 0.15) is 36.8 Å². The first kappa shape index (κ1) is 21.7. The van der Waals surface area contributed by atoms with E-state index < -0.39 is 0 Å². The number of nitrogens with zero attached hydrogens (tertiary/aromatic N) is 4. The molecule has 1 aliphatic heterocycles. The van der Waals surface area contributed by atoms with Gasteiger partial charge in [-0.05, 0) is 42.2 Å². The predicted octanol–water partition coefficient (Wildman–Crippen LogP) is 3.67. The number of nitrogens with one attached hydrogen (secondary N) is 1. The maximum atomic E-state index is 4.51. The zero-order valence-electron chi connectivity index (χ0n) is 16.6. The molecule has 1 N–H and O–H groups in total. The second-order valence-corrected chi connectivity index (χ2v) is 7.33. The summed E-state index contributed by atoms with van der Waals surface area (Å²) in [6.45, 7) is 5.42. The summed E-state index contributed by atoms with van der Waals surface area (Å²) in [7, 11) is 3.85. The van der Waals surface area contributed by atoms with Crippen LogP contribution in [0.5, 0.6) is 0 Å². The van der Waals surface area contributed by atoms with E-state index >= 15 is 0 Å². The van der Waals surface area contributed by atoms with E-state index in [1.165, 1.54) is 17.5 Å². The number of piperidine rings is 1. The number of halogens is 1. The molecule has 148 valence electrons. The first-order valence-corrected chi connectivity index (χ1v) is 9.65. The molecule has 0 amide bonds. The van der Waals surface area contributed by atoms with Gasteiger partial charge in [-0.2, -0.15) is 5.10 Å². The summed E-state index contributed by atoms with van der Waals surface area (Å²) in [5.74, 6) is 2.31. The van der Waals surface area contributed by atoms with Crippen molar-refractivity contribution < 1.29 is 0 Å². The summed E-state index contributed by atoms with van der Waals surface area (Å²) in [6, 6.07) is 10.9. The first-order chi connectivity index (χ1) is 12.7. The molecular weight excluding hydrogens is 449 g/mol. The Hall–Kier alpha value is -1.57. The molecule has 1 fully saturated rings. The van der Waals surface area contributed by atoms with Crippen molar-refractivity contribution in [3.63, 3.8) is 0 Å². The van der Waals surface area contributed by atoms with Gasteiger partial charge in [-0.1, -0.05) is 37.3 Å². The van der Waals surface area contributed by atoms with Crippen LogP contribution in [-0.4, -0.2) is 47.3 Å². The van der Waals surface area contributed by atoms with E-state index in [1.807, 2.05) is 25.0 Å². The molecule has 1 saturated heterocycles. The molecular formula is C21H32IN5. The largest absolute Gasteiger partial charge is 0.356 e. The molecule has 6 heteroatoms. The monoisotopic (exact) mass is 481 g/mol. The average molecular weight is 481 g/mol. The fourth-order valence-corrected chi connectivity index (χ4v) is 3.96.